The second-order valence-corrected chi connectivity index (χ2v) is 7.07. The van der Waals surface area contributed by atoms with Gasteiger partial charge in [0.1, 0.15) is 0 Å². The summed E-state index contributed by atoms with van der Waals surface area (Å²) < 4.78 is 0.690. The average molecular weight is 319 g/mol. The Bertz CT molecular complexity index is 488. The van der Waals surface area contributed by atoms with Crippen LogP contribution in [0.2, 0.25) is 4.34 Å². The zero-order valence-electron chi connectivity index (χ0n) is 11.8. The summed E-state index contributed by atoms with van der Waals surface area (Å²) in [4.78, 5) is 25.2. The van der Waals surface area contributed by atoms with Crippen LogP contribution in [0.5, 0.6) is 0 Å². The summed E-state index contributed by atoms with van der Waals surface area (Å²) in [6.45, 7) is 4.09. The lowest BCUT2D eigenvalue weighted by Crippen LogP contribution is -2.48. The highest BCUT2D eigenvalue weighted by Gasteiger charge is 2.23. The summed E-state index contributed by atoms with van der Waals surface area (Å²) in [5, 5.41) is 11.5. The van der Waals surface area contributed by atoms with E-state index in [-0.39, 0.29) is 12.5 Å². The summed E-state index contributed by atoms with van der Waals surface area (Å²) in [6, 6.07) is 3.45. The van der Waals surface area contributed by atoms with Gasteiger partial charge in [-0.05, 0) is 32.4 Å². The van der Waals surface area contributed by atoms with Gasteiger partial charge in [-0.1, -0.05) is 11.6 Å². The Morgan fingerprint density at radius 1 is 1.45 bits per heavy atom. The fourth-order valence-corrected chi connectivity index (χ4v) is 2.75. The van der Waals surface area contributed by atoms with Crippen molar-refractivity contribution in [3.05, 3.63) is 21.3 Å². The number of hydrogen-bond donors (Lipinski definition) is 2. The first-order valence-electron chi connectivity index (χ1n) is 6.19. The zero-order chi connectivity index (χ0) is 15.3. The monoisotopic (exact) mass is 318 g/mol. The molecule has 0 bridgehead atoms. The van der Waals surface area contributed by atoms with E-state index >= 15 is 0 Å². The van der Waals surface area contributed by atoms with Gasteiger partial charge in [0, 0.05) is 23.9 Å². The van der Waals surface area contributed by atoms with Crippen molar-refractivity contribution in [3.63, 3.8) is 0 Å². The molecule has 0 unspecified atom stereocenters. The van der Waals surface area contributed by atoms with Crippen molar-refractivity contribution in [1.82, 2.24) is 10.2 Å². The normalized spacial score (nSPS) is 11.2. The van der Waals surface area contributed by atoms with E-state index in [9.17, 15) is 9.59 Å². The first kappa shape index (κ1) is 16.8. The molecule has 0 saturated heterocycles. The molecule has 1 heterocycles. The number of carboxylic acids is 1. The summed E-state index contributed by atoms with van der Waals surface area (Å²) in [5.74, 6) is -0.867. The van der Waals surface area contributed by atoms with Crippen molar-refractivity contribution >= 4 is 34.9 Å². The molecule has 1 aromatic rings. The molecule has 2 amide bonds. The molecule has 112 valence electrons. The molecule has 0 aliphatic carbocycles. The van der Waals surface area contributed by atoms with Crippen LogP contribution in [0.3, 0.4) is 0 Å². The number of amides is 2. The molecule has 0 aromatic carbocycles. The van der Waals surface area contributed by atoms with Crippen molar-refractivity contribution < 1.29 is 14.7 Å². The van der Waals surface area contributed by atoms with Gasteiger partial charge >= 0.3 is 12.0 Å². The van der Waals surface area contributed by atoms with Gasteiger partial charge in [0.2, 0.25) is 0 Å². The number of thiophene rings is 1. The Balaban J connectivity index is 2.50. The third kappa shape index (κ3) is 5.79. The lowest BCUT2D eigenvalue weighted by molar-refractivity contribution is -0.137. The molecular weight excluding hydrogens is 300 g/mol. The summed E-state index contributed by atoms with van der Waals surface area (Å²) in [6.07, 6.45) is 0.407. The first-order valence-corrected chi connectivity index (χ1v) is 7.38. The maximum absolute atomic E-state index is 12.1. The quantitative estimate of drug-likeness (QED) is 0.846. The van der Waals surface area contributed by atoms with E-state index in [2.05, 4.69) is 5.32 Å². The number of aliphatic carboxylic acids is 1. The largest absolute Gasteiger partial charge is 0.481 e. The van der Waals surface area contributed by atoms with Crippen LogP contribution < -0.4 is 5.32 Å². The van der Waals surface area contributed by atoms with Crippen LogP contribution in [-0.2, 0) is 11.3 Å². The molecule has 5 nitrogen and oxygen atoms in total. The second kappa shape index (κ2) is 6.95. The number of rotatable bonds is 6. The Morgan fingerprint density at radius 2 is 2.10 bits per heavy atom. The fourth-order valence-electron chi connectivity index (χ4n) is 1.61. The summed E-state index contributed by atoms with van der Waals surface area (Å²) in [7, 11) is 1.69. The second-order valence-electron chi connectivity index (χ2n) is 5.27. The number of nitrogens with one attached hydrogen (secondary N) is 1. The molecular formula is C13H19ClN2O3S. The number of nitrogens with zero attached hydrogens (tertiary/aromatic N) is 1. The van der Waals surface area contributed by atoms with E-state index in [4.69, 9.17) is 16.7 Å². The van der Waals surface area contributed by atoms with Crippen LogP contribution in [-0.4, -0.2) is 34.6 Å². The topological polar surface area (TPSA) is 69.6 Å². The third-order valence-electron chi connectivity index (χ3n) is 2.78. The number of carbonyl (C=O) groups excluding carboxylic acids is 1. The molecule has 0 aliphatic rings. The molecule has 1 rings (SSSR count). The molecule has 0 saturated carbocycles. The molecule has 0 spiro atoms. The molecule has 7 heteroatoms. The number of urea groups is 1. The van der Waals surface area contributed by atoms with E-state index < -0.39 is 11.5 Å². The minimum Gasteiger partial charge on any atom is -0.481 e. The Morgan fingerprint density at radius 3 is 2.60 bits per heavy atom. The fraction of sp³-hybridized carbons (Fsp3) is 0.538. The third-order valence-corrected chi connectivity index (χ3v) is 3.99. The van der Waals surface area contributed by atoms with Gasteiger partial charge in [0.15, 0.2) is 0 Å². The van der Waals surface area contributed by atoms with E-state index in [0.29, 0.717) is 17.3 Å². The standard InChI is InChI=1S/C13H19ClN2O3S/c1-13(2,7-6-11(17)18)15-12(19)16(3)8-9-4-5-10(14)20-9/h4-5H,6-8H2,1-3H3,(H,15,19)(H,17,18). The Kier molecular flexibility index (Phi) is 5.83. The zero-order valence-corrected chi connectivity index (χ0v) is 13.3. The number of carboxylic acid groups (broad SMARTS) is 1. The molecule has 0 radical (unpaired) electrons. The maximum Gasteiger partial charge on any atom is 0.317 e. The van der Waals surface area contributed by atoms with Crippen LogP contribution in [0, 0.1) is 0 Å². The van der Waals surface area contributed by atoms with Gasteiger partial charge in [-0.3, -0.25) is 4.79 Å². The highest BCUT2D eigenvalue weighted by molar-refractivity contribution is 7.16. The minimum absolute atomic E-state index is 0.0253. The molecule has 2 N–H and O–H groups in total. The van der Waals surface area contributed by atoms with Crippen LogP contribution in [0.25, 0.3) is 0 Å². The van der Waals surface area contributed by atoms with Gasteiger partial charge in [0.25, 0.3) is 0 Å². The van der Waals surface area contributed by atoms with Crippen LogP contribution in [0.1, 0.15) is 31.6 Å². The molecule has 0 atom stereocenters. The summed E-state index contributed by atoms with van der Waals surface area (Å²) >= 11 is 7.28. The highest BCUT2D eigenvalue weighted by Crippen LogP contribution is 2.22. The average Bonchev–Trinajstić information content (AvgIpc) is 2.71. The van der Waals surface area contributed by atoms with Crippen molar-refractivity contribution in [3.8, 4) is 0 Å². The van der Waals surface area contributed by atoms with E-state index in [1.165, 1.54) is 11.3 Å². The van der Waals surface area contributed by atoms with Crippen molar-refractivity contribution in [2.75, 3.05) is 7.05 Å². The smallest absolute Gasteiger partial charge is 0.317 e. The lowest BCUT2D eigenvalue weighted by Gasteiger charge is -2.28. The number of carbonyl (C=O) groups is 2. The van der Waals surface area contributed by atoms with Gasteiger partial charge in [-0.2, -0.15) is 0 Å². The first-order chi connectivity index (χ1) is 9.19. The Hall–Kier alpha value is -1.27. The summed E-state index contributed by atoms with van der Waals surface area (Å²) in [5.41, 5.74) is -0.559. The maximum atomic E-state index is 12.1. The molecule has 0 fully saturated rings. The van der Waals surface area contributed by atoms with Gasteiger partial charge in [-0.15, -0.1) is 11.3 Å². The van der Waals surface area contributed by atoms with Crippen LogP contribution >= 0.6 is 22.9 Å². The van der Waals surface area contributed by atoms with E-state index in [1.54, 1.807) is 18.0 Å². The van der Waals surface area contributed by atoms with Crippen molar-refractivity contribution in [1.29, 1.82) is 0 Å². The molecule has 1 aromatic heterocycles. The number of hydrogen-bond acceptors (Lipinski definition) is 3. The lowest BCUT2D eigenvalue weighted by atomic mass is 9.99. The van der Waals surface area contributed by atoms with E-state index in [1.807, 2.05) is 19.9 Å². The van der Waals surface area contributed by atoms with E-state index in [0.717, 1.165) is 4.88 Å². The van der Waals surface area contributed by atoms with Crippen LogP contribution in [0.15, 0.2) is 12.1 Å². The minimum atomic E-state index is -0.867. The SMILES string of the molecule is CN(Cc1ccc(Cl)s1)C(=O)NC(C)(C)CCC(=O)O. The predicted octanol–water partition coefficient (Wildman–Crippen LogP) is 3.19. The van der Waals surface area contributed by atoms with Gasteiger partial charge in [0.05, 0.1) is 10.9 Å². The number of halogens is 1. The van der Waals surface area contributed by atoms with Gasteiger partial charge in [-0.25, -0.2) is 4.79 Å². The molecule has 20 heavy (non-hydrogen) atoms. The van der Waals surface area contributed by atoms with Crippen molar-refractivity contribution in [2.45, 2.75) is 38.8 Å². The van der Waals surface area contributed by atoms with Crippen molar-refractivity contribution in [2.24, 2.45) is 0 Å². The predicted molar refractivity (Wildman–Crippen MR) is 80.3 cm³/mol. The highest BCUT2D eigenvalue weighted by atomic mass is 35.5. The van der Waals surface area contributed by atoms with Crippen LogP contribution in [0.4, 0.5) is 4.79 Å². The Labute approximate surface area is 127 Å². The van der Waals surface area contributed by atoms with Gasteiger partial charge < -0.3 is 15.3 Å². The molecule has 0 aliphatic heterocycles.